The number of rotatable bonds is 14. The summed E-state index contributed by atoms with van der Waals surface area (Å²) in [5.41, 5.74) is 0. The Kier molecular flexibility index (Phi) is 15.1. The number of carboxylic acids is 1. The molecule has 24 heavy (non-hydrogen) atoms. The SMILES string of the molecule is CCCCCC(O)C=CC=CCC=CCC=CC(O)CCC(=O)O. The lowest BCUT2D eigenvalue weighted by Gasteiger charge is -2.02. The largest absolute Gasteiger partial charge is 0.481 e. The Morgan fingerprint density at radius 2 is 1.54 bits per heavy atom. The van der Waals surface area contributed by atoms with Crippen LogP contribution in [0, 0.1) is 0 Å². The molecule has 3 N–H and O–H groups in total. The van der Waals surface area contributed by atoms with Crippen molar-refractivity contribution in [3.63, 3.8) is 0 Å². The fourth-order valence-corrected chi connectivity index (χ4v) is 2.00. The van der Waals surface area contributed by atoms with E-state index in [4.69, 9.17) is 5.11 Å². The molecule has 0 spiro atoms. The lowest BCUT2D eigenvalue weighted by molar-refractivity contribution is -0.137. The predicted molar refractivity (Wildman–Crippen MR) is 98.8 cm³/mol. The van der Waals surface area contributed by atoms with Crippen molar-refractivity contribution in [2.75, 3.05) is 0 Å². The smallest absolute Gasteiger partial charge is 0.303 e. The van der Waals surface area contributed by atoms with Crippen molar-refractivity contribution in [1.82, 2.24) is 0 Å². The van der Waals surface area contributed by atoms with Crippen LogP contribution in [0.5, 0.6) is 0 Å². The number of hydrogen-bond donors (Lipinski definition) is 3. The molecule has 2 unspecified atom stereocenters. The van der Waals surface area contributed by atoms with Gasteiger partial charge >= 0.3 is 5.97 Å². The van der Waals surface area contributed by atoms with Crippen LogP contribution >= 0.6 is 0 Å². The van der Waals surface area contributed by atoms with Gasteiger partial charge in [-0.05, 0) is 25.7 Å². The standard InChI is InChI=1S/C20H32O4/c1-2-3-10-13-18(21)14-11-8-6-4-5-7-9-12-15-19(22)16-17-20(23)24/h5-8,11-12,14-15,18-19,21-22H,2-4,9-10,13,16-17H2,1H3,(H,23,24). The maximum absolute atomic E-state index is 10.4. The Morgan fingerprint density at radius 3 is 2.21 bits per heavy atom. The van der Waals surface area contributed by atoms with Gasteiger partial charge in [0.15, 0.2) is 0 Å². The van der Waals surface area contributed by atoms with Crippen molar-refractivity contribution in [3.8, 4) is 0 Å². The van der Waals surface area contributed by atoms with Gasteiger partial charge in [0.25, 0.3) is 0 Å². The molecular formula is C20H32O4. The van der Waals surface area contributed by atoms with E-state index in [1.165, 1.54) is 6.42 Å². The predicted octanol–water partition coefficient (Wildman–Crippen LogP) is 4.16. The molecular weight excluding hydrogens is 304 g/mol. The van der Waals surface area contributed by atoms with Gasteiger partial charge in [0.05, 0.1) is 12.2 Å². The zero-order valence-corrected chi connectivity index (χ0v) is 14.7. The molecule has 0 amide bonds. The number of aliphatic hydroxyl groups is 2. The van der Waals surface area contributed by atoms with Crippen LogP contribution in [0.1, 0.15) is 58.3 Å². The molecule has 0 heterocycles. The van der Waals surface area contributed by atoms with Crippen LogP contribution < -0.4 is 0 Å². The first-order valence-electron chi connectivity index (χ1n) is 8.79. The molecule has 4 heteroatoms. The zero-order chi connectivity index (χ0) is 18.0. The second-order valence-corrected chi connectivity index (χ2v) is 5.75. The number of allylic oxidation sites excluding steroid dienone is 6. The highest BCUT2D eigenvalue weighted by atomic mass is 16.4. The molecule has 0 aromatic rings. The fraction of sp³-hybridized carbons (Fsp3) is 0.550. The van der Waals surface area contributed by atoms with Gasteiger partial charge in [-0.2, -0.15) is 0 Å². The molecule has 0 bridgehead atoms. The lowest BCUT2D eigenvalue weighted by atomic mass is 10.1. The van der Waals surface area contributed by atoms with E-state index in [0.717, 1.165) is 25.7 Å². The summed E-state index contributed by atoms with van der Waals surface area (Å²) in [6.07, 6.45) is 20.0. The van der Waals surface area contributed by atoms with E-state index in [0.29, 0.717) is 6.42 Å². The summed E-state index contributed by atoms with van der Waals surface area (Å²) in [5.74, 6) is -0.892. The molecule has 0 fully saturated rings. The molecule has 0 rings (SSSR count). The molecule has 0 radical (unpaired) electrons. The maximum atomic E-state index is 10.4. The second-order valence-electron chi connectivity index (χ2n) is 5.75. The molecule has 2 atom stereocenters. The van der Waals surface area contributed by atoms with Crippen LogP contribution in [-0.2, 0) is 4.79 Å². The number of carboxylic acid groups (broad SMARTS) is 1. The third-order valence-electron chi connectivity index (χ3n) is 3.41. The van der Waals surface area contributed by atoms with E-state index in [2.05, 4.69) is 6.92 Å². The van der Waals surface area contributed by atoms with E-state index in [-0.39, 0.29) is 18.9 Å². The Bertz CT molecular complexity index is 421. The summed E-state index contributed by atoms with van der Waals surface area (Å²) in [7, 11) is 0. The zero-order valence-electron chi connectivity index (χ0n) is 14.7. The van der Waals surface area contributed by atoms with E-state index in [9.17, 15) is 15.0 Å². The fourth-order valence-electron chi connectivity index (χ4n) is 2.00. The van der Waals surface area contributed by atoms with Crippen molar-refractivity contribution in [3.05, 3.63) is 48.6 Å². The van der Waals surface area contributed by atoms with Gasteiger partial charge in [-0.3, -0.25) is 4.79 Å². The van der Waals surface area contributed by atoms with Crippen molar-refractivity contribution >= 4 is 5.97 Å². The molecule has 0 aromatic carbocycles. The first kappa shape index (κ1) is 22.4. The molecule has 0 saturated heterocycles. The van der Waals surface area contributed by atoms with E-state index in [1.807, 2.05) is 42.5 Å². The summed E-state index contributed by atoms with van der Waals surface area (Å²) >= 11 is 0. The summed E-state index contributed by atoms with van der Waals surface area (Å²) < 4.78 is 0. The minimum atomic E-state index is -0.892. The van der Waals surface area contributed by atoms with Crippen LogP contribution in [0.15, 0.2) is 48.6 Å². The molecule has 4 nitrogen and oxygen atoms in total. The second kappa shape index (κ2) is 16.2. The highest BCUT2D eigenvalue weighted by Gasteiger charge is 2.02. The molecule has 0 saturated carbocycles. The Labute approximate surface area is 145 Å². The van der Waals surface area contributed by atoms with Crippen LogP contribution in [0.3, 0.4) is 0 Å². The van der Waals surface area contributed by atoms with E-state index in [1.54, 1.807) is 6.08 Å². The lowest BCUT2D eigenvalue weighted by Crippen LogP contribution is -2.05. The molecule has 0 aliphatic heterocycles. The first-order chi connectivity index (χ1) is 11.6. The van der Waals surface area contributed by atoms with E-state index >= 15 is 0 Å². The highest BCUT2D eigenvalue weighted by Crippen LogP contribution is 2.04. The number of aliphatic hydroxyl groups excluding tert-OH is 2. The minimum Gasteiger partial charge on any atom is -0.481 e. The van der Waals surface area contributed by atoms with Gasteiger partial charge < -0.3 is 15.3 Å². The average molecular weight is 336 g/mol. The summed E-state index contributed by atoms with van der Waals surface area (Å²) in [6.45, 7) is 2.15. The van der Waals surface area contributed by atoms with Crippen molar-refractivity contribution in [1.29, 1.82) is 0 Å². The minimum absolute atomic E-state index is 0.0209. The maximum Gasteiger partial charge on any atom is 0.303 e. The number of unbranched alkanes of at least 4 members (excludes halogenated alkanes) is 2. The number of hydrogen-bond acceptors (Lipinski definition) is 3. The average Bonchev–Trinajstić information content (AvgIpc) is 2.54. The van der Waals surface area contributed by atoms with Crippen molar-refractivity contribution in [2.24, 2.45) is 0 Å². The van der Waals surface area contributed by atoms with E-state index < -0.39 is 12.1 Å². The Balaban J connectivity index is 3.71. The third kappa shape index (κ3) is 16.7. The van der Waals surface area contributed by atoms with Gasteiger partial charge in [0, 0.05) is 6.42 Å². The quantitative estimate of drug-likeness (QED) is 0.253. The molecule has 0 aromatic heterocycles. The third-order valence-corrected chi connectivity index (χ3v) is 3.41. The summed E-state index contributed by atoms with van der Waals surface area (Å²) in [6, 6.07) is 0. The topological polar surface area (TPSA) is 77.8 Å². The van der Waals surface area contributed by atoms with Gasteiger partial charge in [0.2, 0.25) is 0 Å². The van der Waals surface area contributed by atoms with Gasteiger partial charge in [-0.1, -0.05) is 74.8 Å². The molecule has 0 aliphatic carbocycles. The number of aliphatic carboxylic acids is 1. The first-order valence-corrected chi connectivity index (χ1v) is 8.79. The van der Waals surface area contributed by atoms with Crippen molar-refractivity contribution < 1.29 is 20.1 Å². The van der Waals surface area contributed by atoms with Crippen LogP contribution in [0.4, 0.5) is 0 Å². The highest BCUT2D eigenvalue weighted by molar-refractivity contribution is 5.66. The Morgan fingerprint density at radius 1 is 0.875 bits per heavy atom. The van der Waals surface area contributed by atoms with Gasteiger partial charge in [-0.15, -0.1) is 0 Å². The van der Waals surface area contributed by atoms with Gasteiger partial charge in [0.1, 0.15) is 0 Å². The summed E-state index contributed by atoms with van der Waals surface area (Å²) in [4.78, 5) is 10.4. The monoisotopic (exact) mass is 336 g/mol. The van der Waals surface area contributed by atoms with Crippen LogP contribution in [0.25, 0.3) is 0 Å². The van der Waals surface area contributed by atoms with Gasteiger partial charge in [-0.25, -0.2) is 0 Å². The van der Waals surface area contributed by atoms with Crippen molar-refractivity contribution in [2.45, 2.75) is 70.5 Å². The van der Waals surface area contributed by atoms with Crippen LogP contribution in [-0.4, -0.2) is 33.5 Å². The normalized spacial score (nSPS) is 15.1. The van der Waals surface area contributed by atoms with Crippen LogP contribution in [0.2, 0.25) is 0 Å². The number of carbonyl (C=O) groups is 1. The molecule has 0 aliphatic rings. The summed E-state index contributed by atoms with van der Waals surface area (Å²) in [5, 5.41) is 27.7. The Hall–Kier alpha value is -1.65. The molecule has 136 valence electrons.